The number of halogens is 1. The van der Waals surface area contributed by atoms with E-state index in [0.717, 1.165) is 19.3 Å². The highest BCUT2D eigenvalue weighted by molar-refractivity contribution is 8.26. The van der Waals surface area contributed by atoms with Gasteiger partial charge in [0.05, 0.1) is 10.6 Å². The van der Waals surface area contributed by atoms with Crippen LogP contribution in [0.25, 0.3) is 6.08 Å². The van der Waals surface area contributed by atoms with Crippen LogP contribution in [0.1, 0.15) is 69.1 Å². The molecule has 0 spiro atoms. The second-order valence-electron chi connectivity index (χ2n) is 10.4. The highest BCUT2D eigenvalue weighted by atomic mass is 32.2. The van der Waals surface area contributed by atoms with Crippen molar-refractivity contribution in [2.24, 2.45) is 0 Å². The van der Waals surface area contributed by atoms with E-state index in [2.05, 4.69) is 17.9 Å². The minimum Gasteiger partial charge on any atom is -0.366 e. The standard InChI is InChI=1S/C31H38FN5O2S2/c1-4-6-7-8-9-12-15-37-30(39)27(41-31(37)40)20-23-22(3)24(21-33)29(38)36(5-2)28(23)35-18-16-34(17-19-35)26-14-11-10-13-25(26)32/h10-11,13-14,20H,4-9,12,15-19H2,1-3H3. The number of hydrogen-bond acceptors (Lipinski definition) is 7. The summed E-state index contributed by atoms with van der Waals surface area (Å²) in [6, 6.07) is 8.82. The number of hydrogen-bond donors (Lipinski definition) is 0. The lowest BCUT2D eigenvalue weighted by atomic mass is 10.0. The molecule has 1 aromatic heterocycles. The van der Waals surface area contributed by atoms with Crippen molar-refractivity contribution in [2.75, 3.05) is 42.5 Å². The van der Waals surface area contributed by atoms with Gasteiger partial charge in [-0.05, 0) is 44.0 Å². The van der Waals surface area contributed by atoms with Crippen molar-refractivity contribution in [3.8, 4) is 6.07 Å². The van der Waals surface area contributed by atoms with Gasteiger partial charge in [-0.2, -0.15) is 5.26 Å². The molecule has 0 unspecified atom stereocenters. The second kappa shape index (κ2) is 14.1. The number of anilines is 2. The summed E-state index contributed by atoms with van der Waals surface area (Å²) in [4.78, 5) is 33.1. The number of nitrogens with zero attached hydrogens (tertiary/aromatic N) is 5. The molecule has 0 bridgehead atoms. The third-order valence-corrected chi connectivity index (χ3v) is 9.20. The number of pyridine rings is 1. The molecule has 2 fully saturated rings. The molecule has 0 radical (unpaired) electrons. The van der Waals surface area contributed by atoms with Crippen LogP contribution in [0.15, 0.2) is 34.0 Å². The topological polar surface area (TPSA) is 72.6 Å². The molecule has 0 saturated carbocycles. The van der Waals surface area contributed by atoms with Gasteiger partial charge in [-0.3, -0.25) is 19.1 Å². The summed E-state index contributed by atoms with van der Waals surface area (Å²) in [6.07, 6.45) is 8.56. The van der Waals surface area contributed by atoms with Crippen molar-refractivity contribution < 1.29 is 9.18 Å². The molecular weight excluding hydrogens is 558 g/mol. The highest BCUT2D eigenvalue weighted by Crippen LogP contribution is 2.36. The highest BCUT2D eigenvalue weighted by Gasteiger charge is 2.33. The maximum Gasteiger partial charge on any atom is 0.270 e. The summed E-state index contributed by atoms with van der Waals surface area (Å²) < 4.78 is 16.6. The zero-order valence-electron chi connectivity index (χ0n) is 24.1. The Morgan fingerprint density at radius 1 is 1.02 bits per heavy atom. The lowest BCUT2D eigenvalue weighted by Gasteiger charge is -2.39. The lowest BCUT2D eigenvalue weighted by Crippen LogP contribution is -2.49. The van der Waals surface area contributed by atoms with Gasteiger partial charge < -0.3 is 9.80 Å². The quantitative estimate of drug-likeness (QED) is 0.177. The zero-order valence-corrected chi connectivity index (χ0v) is 25.8. The number of piperazine rings is 1. The first kappa shape index (κ1) is 30.8. The molecule has 0 aliphatic carbocycles. The number of aromatic nitrogens is 1. The summed E-state index contributed by atoms with van der Waals surface area (Å²) in [7, 11) is 0. The maximum atomic E-state index is 14.5. The zero-order chi connectivity index (χ0) is 29.5. The summed E-state index contributed by atoms with van der Waals surface area (Å²) in [5, 5.41) is 9.86. The predicted octanol–water partition coefficient (Wildman–Crippen LogP) is 6.08. The number of benzene rings is 1. The molecule has 2 aromatic rings. The van der Waals surface area contributed by atoms with E-state index in [4.69, 9.17) is 12.2 Å². The molecule has 2 aliphatic rings. The lowest BCUT2D eigenvalue weighted by molar-refractivity contribution is -0.122. The largest absolute Gasteiger partial charge is 0.366 e. The minimum atomic E-state index is -0.341. The Hall–Kier alpha value is -3.16. The van der Waals surface area contributed by atoms with E-state index < -0.39 is 0 Å². The fourth-order valence-electron chi connectivity index (χ4n) is 5.52. The van der Waals surface area contributed by atoms with Crippen LogP contribution in [0, 0.1) is 24.1 Å². The number of thiocarbonyl (C=S) groups is 1. The Labute approximate surface area is 251 Å². The second-order valence-corrected chi connectivity index (χ2v) is 12.1. The number of nitriles is 1. The van der Waals surface area contributed by atoms with Crippen molar-refractivity contribution in [2.45, 2.75) is 65.8 Å². The maximum absolute atomic E-state index is 14.5. The molecule has 10 heteroatoms. The van der Waals surface area contributed by atoms with Crippen molar-refractivity contribution in [1.82, 2.24) is 9.47 Å². The molecule has 1 amide bonds. The van der Waals surface area contributed by atoms with Gasteiger partial charge in [-0.1, -0.05) is 75.1 Å². The number of unbranched alkanes of at least 4 members (excludes halogenated alkanes) is 5. The number of carbonyl (C=O) groups is 1. The summed E-state index contributed by atoms with van der Waals surface area (Å²) in [5.74, 6) is 0.295. The van der Waals surface area contributed by atoms with Gasteiger partial charge in [-0.15, -0.1) is 0 Å². The summed E-state index contributed by atoms with van der Waals surface area (Å²) in [5.41, 5.74) is 1.53. The van der Waals surface area contributed by atoms with Gasteiger partial charge in [0.2, 0.25) is 0 Å². The van der Waals surface area contributed by atoms with Crippen molar-refractivity contribution in [3.63, 3.8) is 0 Å². The molecular formula is C31H38FN5O2S2. The molecule has 41 heavy (non-hydrogen) atoms. The van der Waals surface area contributed by atoms with E-state index in [9.17, 15) is 19.2 Å². The predicted molar refractivity (Wildman–Crippen MR) is 170 cm³/mol. The Kier molecular flexibility index (Phi) is 10.6. The molecule has 7 nitrogen and oxygen atoms in total. The summed E-state index contributed by atoms with van der Waals surface area (Å²) >= 11 is 6.86. The van der Waals surface area contributed by atoms with E-state index in [1.165, 1.54) is 37.1 Å². The Bertz CT molecular complexity index is 1420. The number of carbonyl (C=O) groups excluding carboxylic acids is 1. The number of amides is 1. The normalized spacial score (nSPS) is 16.7. The molecule has 218 valence electrons. The molecule has 1 aromatic carbocycles. The van der Waals surface area contributed by atoms with Crippen LogP contribution in [-0.4, -0.2) is 52.4 Å². The molecule has 2 saturated heterocycles. The minimum absolute atomic E-state index is 0.0781. The van der Waals surface area contributed by atoms with Gasteiger partial charge >= 0.3 is 0 Å². The number of thioether (sulfide) groups is 1. The van der Waals surface area contributed by atoms with Crippen LogP contribution in [0.3, 0.4) is 0 Å². The van der Waals surface area contributed by atoms with Crippen molar-refractivity contribution in [3.05, 3.63) is 62.0 Å². The van der Waals surface area contributed by atoms with Crippen LogP contribution in [0.4, 0.5) is 15.9 Å². The summed E-state index contributed by atoms with van der Waals surface area (Å²) in [6.45, 7) is 9.04. The van der Waals surface area contributed by atoms with Crippen molar-refractivity contribution in [1.29, 1.82) is 5.26 Å². The fourth-order valence-corrected chi connectivity index (χ4v) is 6.81. The molecule has 4 rings (SSSR count). The van der Waals surface area contributed by atoms with Gasteiger partial charge in [-0.25, -0.2) is 4.39 Å². The van der Waals surface area contributed by atoms with E-state index >= 15 is 0 Å². The molecule has 3 heterocycles. The Morgan fingerprint density at radius 3 is 2.34 bits per heavy atom. The van der Waals surface area contributed by atoms with Crippen LogP contribution in [-0.2, 0) is 11.3 Å². The van der Waals surface area contributed by atoms with Gasteiger partial charge in [0.15, 0.2) is 0 Å². The van der Waals surface area contributed by atoms with Crippen LogP contribution in [0.2, 0.25) is 0 Å². The SMILES string of the molecule is CCCCCCCCN1C(=O)C(=Cc2c(C)c(C#N)c(=O)n(CC)c2N2CCN(c3ccccc3F)CC2)SC1=S. The average Bonchev–Trinajstić information content (AvgIpc) is 3.24. The van der Waals surface area contributed by atoms with E-state index in [-0.39, 0.29) is 22.8 Å². The third-order valence-electron chi connectivity index (χ3n) is 7.82. The van der Waals surface area contributed by atoms with E-state index in [1.54, 1.807) is 34.6 Å². The van der Waals surface area contributed by atoms with Gasteiger partial charge in [0, 0.05) is 44.8 Å². The van der Waals surface area contributed by atoms with Crippen LogP contribution >= 0.6 is 24.0 Å². The van der Waals surface area contributed by atoms with Crippen LogP contribution < -0.4 is 15.4 Å². The smallest absolute Gasteiger partial charge is 0.270 e. The van der Waals surface area contributed by atoms with E-state index in [1.807, 2.05) is 17.9 Å². The van der Waals surface area contributed by atoms with Crippen LogP contribution in [0.5, 0.6) is 0 Å². The third kappa shape index (κ3) is 6.68. The van der Waals surface area contributed by atoms with Gasteiger partial charge in [0.25, 0.3) is 11.5 Å². The number of para-hydroxylation sites is 1. The molecule has 0 N–H and O–H groups in total. The molecule has 2 aliphatic heterocycles. The Morgan fingerprint density at radius 2 is 1.68 bits per heavy atom. The Balaban J connectivity index is 1.63. The fraction of sp³-hybridized carbons (Fsp3) is 0.484. The van der Waals surface area contributed by atoms with Gasteiger partial charge in [0.1, 0.15) is 27.6 Å². The number of rotatable bonds is 11. The van der Waals surface area contributed by atoms with E-state index in [0.29, 0.717) is 71.1 Å². The monoisotopic (exact) mass is 595 g/mol. The average molecular weight is 596 g/mol. The van der Waals surface area contributed by atoms with Crippen molar-refractivity contribution >= 4 is 51.8 Å². The first-order valence-electron chi connectivity index (χ1n) is 14.5. The first-order chi connectivity index (χ1) is 19.8. The molecule has 0 atom stereocenters. The first-order valence-corrected chi connectivity index (χ1v) is 15.7.